The fourth-order valence-electron chi connectivity index (χ4n) is 1.78. The molecule has 0 aliphatic heterocycles. The van der Waals surface area contributed by atoms with Crippen molar-refractivity contribution in [3.8, 4) is 5.75 Å². The lowest BCUT2D eigenvalue weighted by Gasteiger charge is -2.11. The summed E-state index contributed by atoms with van der Waals surface area (Å²) in [5, 5.41) is 2.74. The van der Waals surface area contributed by atoms with Crippen molar-refractivity contribution in [2.24, 2.45) is 0 Å². The van der Waals surface area contributed by atoms with Crippen LogP contribution in [0.5, 0.6) is 5.75 Å². The average Bonchev–Trinajstić information content (AvgIpc) is 2.38. The van der Waals surface area contributed by atoms with Crippen LogP contribution in [-0.4, -0.2) is 6.09 Å². The smallest absolute Gasteiger partial charge is 0.410 e. The van der Waals surface area contributed by atoms with Crippen LogP contribution in [0.1, 0.15) is 16.7 Å². The van der Waals surface area contributed by atoms with Crippen LogP contribution in [0.15, 0.2) is 42.5 Å². The van der Waals surface area contributed by atoms with Crippen molar-refractivity contribution in [2.45, 2.75) is 20.8 Å². The van der Waals surface area contributed by atoms with Gasteiger partial charge in [0.1, 0.15) is 5.75 Å². The Balaban J connectivity index is 2.10. The Labute approximate surface area is 113 Å². The molecule has 0 atom stereocenters. The van der Waals surface area contributed by atoms with E-state index in [-0.39, 0.29) is 0 Å². The topological polar surface area (TPSA) is 38.3 Å². The van der Waals surface area contributed by atoms with Crippen LogP contribution in [0, 0.1) is 20.8 Å². The van der Waals surface area contributed by atoms with Gasteiger partial charge in [0.15, 0.2) is 0 Å². The fraction of sp³-hybridized carbons (Fsp3) is 0.188. The first-order chi connectivity index (χ1) is 9.08. The second-order valence-electron chi connectivity index (χ2n) is 4.53. The van der Waals surface area contributed by atoms with E-state index < -0.39 is 6.09 Å². The summed E-state index contributed by atoms with van der Waals surface area (Å²) in [7, 11) is 0. The van der Waals surface area contributed by atoms with E-state index in [1.807, 2.05) is 57.2 Å². The number of carbonyl (C=O) groups excluding carboxylic acids is 1. The Morgan fingerprint density at radius 1 is 0.947 bits per heavy atom. The van der Waals surface area contributed by atoms with E-state index in [1.54, 1.807) is 6.07 Å². The lowest BCUT2D eigenvalue weighted by Crippen LogP contribution is -2.17. The minimum Gasteiger partial charge on any atom is -0.410 e. The lowest BCUT2D eigenvalue weighted by molar-refractivity contribution is 0.215. The summed E-state index contributed by atoms with van der Waals surface area (Å²) in [6.07, 6.45) is -0.469. The third-order valence-corrected chi connectivity index (χ3v) is 3.14. The maximum Gasteiger partial charge on any atom is 0.417 e. The summed E-state index contributed by atoms with van der Waals surface area (Å²) in [6.45, 7) is 5.86. The first kappa shape index (κ1) is 13.1. The number of rotatable bonds is 2. The van der Waals surface area contributed by atoms with Crippen molar-refractivity contribution in [2.75, 3.05) is 5.32 Å². The van der Waals surface area contributed by atoms with E-state index in [1.165, 1.54) is 0 Å². The summed E-state index contributed by atoms with van der Waals surface area (Å²) >= 11 is 0. The molecule has 2 aromatic rings. The Morgan fingerprint density at radius 3 is 2.37 bits per heavy atom. The number of hydrogen-bond donors (Lipinski definition) is 1. The van der Waals surface area contributed by atoms with Crippen molar-refractivity contribution in [1.82, 2.24) is 0 Å². The number of hydrogen-bond acceptors (Lipinski definition) is 2. The number of anilines is 1. The Bertz CT molecular complexity index is 605. The molecule has 0 aliphatic rings. The zero-order valence-corrected chi connectivity index (χ0v) is 11.4. The quantitative estimate of drug-likeness (QED) is 0.872. The zero-order chi connectivity index (χ0) is 13.8. The summed E-state index contributed by atoms with van der Waals surface area (Å²) in [6, 6.07) is 13.2. The summed E-state index contributed by atoms with van der Waals surface area (Å²) < 4.78 is 5.33. The van der Waals surface area contributed by atoms with Gasteiger partial charge in [-0.05, 0) is 49.6 Å². The van der Waals surface area contributed by atoms with Gasteiger partial charge in [0.25, 0.3) is 0 Å². The van der Waals surface area contributed by atoms with Gasteiger partial charge in [-0.15, -0.1) is 0 Å². The van der Waals surface area contributed by atoms with Crippen molar-refractivity contribution in [3.63, 3.8) is 0 Å². The Morgan fingerprint density at radius 2 is 1.63 bits per heavy atom. The fourth-order valence-corrected chi connectivity index (χ4v) is 1.78. The normalized spacial score (nSPS) is 10.1. The second-order valence-corrected chi connectivity index (χ2v) is 4.53. The number of nitrogens with one attached hydrogen (secondary N) is 1. The van der Waals surface area contributed by atoms with Crippen molar-refractivity contribution in [3.05, 3.63) is 59.2 Å². The predicted octanol–water partition coefficient (Wildman–Crippen LogP) is 4.22. The lowest BCUT2D eigenvalue weighted by atomic mass is 10.1. The minimum atomic E-state index is -0.469. The molecule has 3 heteroatoms. The van der Waals surface area contributed by atoms with Crippen LogP contribution in [-0.2, 0) is 0 Å². The second kappa shape index (κ2) is 5.57. The molecule has 0 unspecified atom stereocenters. The van der Waals surface area contributed by atoms with Gasteiger partial charge in [-0.2, -0.15) is 0 Å². The molecule has 98 valence electrons. The molecule has 2 rings (SSSR count). The number of aryl methyl sites for hydroxylation is 2. The van der Waals surface area contributed by atoms with Crippen LogP contribution < -0.4 is 10.1 Å². The van der Waals surface area contributed by atoms with Crippen LogP contribution in [0.3, 0.4) is 0 Å². The molecular formula is C16H17NO2. The van der Waals surface area contributed by atoms with E-state index in [0.717, 1.165) is 22.4 Å². The highest BCUT2D eigenvalue weighted by Gasteiger charge is 2.09. The van der Waals surface area contributed by atoms with Crippen molar-refractivity contribution < 1.29 is 9.53 Å². The van der Waals surface area contributed by atoms with Crippen LogP contribution in [0.25, 0.3) is 0 Å². The van der Waals surface area contributed by atoms with E-state index in [0.29, 0.717) is 5.75 Å². The van der Waals surface area contributed by atoms with Gasteiger partial charge in [-0.3, -0.25) is 5.32 Å². The first-order valence-corrected chi connectivity index (χ1v) is 6.18. The highest BCUT2D eigenvalue weighted by atomic mass is 16.6. The molecule has 0 saturated heterocycles. The summed E-state index contributed by atoms with van der Waals surface area (Å²) in [5.41, 5.74) is 3.84. The highest BCUT2D eigenvalue weighted by Crippen LogP contribution is 2.21. The van der Waals surface area contributed by atoms with Crippen LogP contribution in [0.2, 0.25) is 0 Å². The molecule has 0 aliphatic carbocycles. The molecule has 1 amide bonds. The number of para-hydroxylation sites is 1. The van der Waals surface area contributed by atoms with Gasteiger partial charge in [0.05, 0.1) is 0 Å². The van der Waals surface area contributed by atoms with E-state index in [4.69, 9.17) is 4.74 Å². The maximum atomic E-state index is 11.9. The van der Waals surface area contributed by atoms with Gasteiger partial charge in [-0.25, -0.2) is 4.79 Å². The van der Waals surface area contributed by atoms with Gasteiger partial charge in [-0.1, -0.05) is 30.3 Å². The predicted molar refractivity (Wildman–Crippen MR) is 76.7 cm³/mol. The van der Waals surface area contributed by atoms with E-state index >= 15 is 0 Å². The van der Waals surface area contributed by atoms with Crippen LogP contribution in [0.4, 0.5) is 10.5 Å². The molecule has 2 aromatic carbocycles. The van der Waals surface area contributed by atoms with Crippen LogP contribution >= 0.6 is 0 Å². The molecule has 0 saturated carbocycles. The molecule has 1 N–H and O–H groups in total. The first-order valence-electron chi connectivity index (χ1n) is 6.18. The Kier molecular flexibility index (Phi) is 3.85. The van der Waals surface area contributed by atoms with Gasteiger partial charge in [0, 0.05) is 5.69 Å². The Hall–Kier alpha value is -2.29. The molecule has 0 fully saturated rings. The van der Waals surface area contributed by atoms with Gasteiger partial charge in [0.2, 0.25) is 0 Å². The molecule has 0 bridgehead atoms. The molecule has 19 heavy (non-hydrogen) atoms. The number of amides is 1. The maximum absolute atomic E-state index is 11.9. The molecule has 0 radical (unpaired) electrons. The minimum absolute atomic E-state index is 0.469. The van der Waals surface area contributed by atoms with Crippen molar-refractivity contribution >= 4 is 11.8 Å². The third-order valence-electron chi connectivity index (χ3n) is 3.14. The standard InChI is InChI=1S/C16H17NO2/c1-11-8-6-10-15(13(11)3)19-16(18)17-14-9-5-4-7-12(14)2/h4-10H,1-3H3,(H,17,18). The molecule has 3 nitrogen and oxygen atoms in total. The number of benzene rings is 2. The summed E-state index contributed by atoms with van der Waals surface area (Å²) in [5.74, 6) is 0.589. The molecular weight excluding hydrogens is 238 g/mol. The molecule has 0 aromatic heterocycles. The number of carbonyl (C=O) groups is 1. The summed E-state index contributed by atoms with van der Waals surface area (Å²) in [4.78, 5) is 11.9. The van der Waals surface area contributed by atoms with Crippen molar-refractivity contribution in [1.29, 1.82) is 0 Å². The number of ether oxygens (including phenoxy) is 1. The van der Waals surface area contributed by atoms with E-state index in [9.17, 15) is 4.79 Å². The third kappa shape index (κ3) is 3.13. The largest absolute Gasteiger partial charge is 0.417 e. The highest BCUT2D eigenvalue weighted by molar-refractivity contribution is 5.87. The van der Waals surface area contributed by atoms with E-state index in [2.05, 4.69) is 5.32 Å². The molecule has 0 heterocycles. The van der Waals surface area contributed by atoms with Gasteiger partial charge < -0.3 is 4.74 Å². The van der Waals surface area contributed by atoms with Gasteiger partial charge >= 0.3 is 6.09 Å². The zero-order valence-electron chi connectivity index (χ0n) is 11.4. The molecule has 0 spiro atoms. The average molecular weight is 255 g/mol. The monoisotopic (exact) mass is 255 g/mol. The SMILES string of the molecule is Cc1ccccc1NC(=O)Oc1cccc(C)c1C.